The van der Waals surface area contributed by atoms with E-state index in [1.54, 1.807) is 32.9 Å². The fraction of sp³-hybridized carbons (Fsp3) is 0.407. The number of hydrogen-bond donors (Lipinski definition) is 1. The normalized spacial score (nSPS) is 14.1. The first-order chi connectivity index (χ1) is 16.4. The van der Waals surface area contributed by atoms with E-state index in [0.29, 0.717) is 48.3 Å². The van der Waals surface area contributed by atoms with E-state index in [9.17, 15) is 14.7 Å². The summed E-state index contributed by atoms with van der Waals surface area (Å²) in [5.41, 5.74) is 3.25. The van der Waals surface area contributed by atoms with Gasteiger partial charge in [-0.25, -0.2) is 9.59 Å². The van der Waals surface area contributed by atoms with Crippen molar-refractivity contribution in [2.75, 3.05) is 26.3 Å². The topological polar surface area (TPSA) is 85.3 Å². The summed E-state index contributed by atoms with van der Waals surface area (Å²) in [6.07, 6.45) is -0.0885. The Morgan fingerprint density at radius 2 is 1.66 bits per heavy atom. The Labute approximate surface area is 211 Å². The molecule has 8 heteroatoms. The summed E-state index contributed by atoms with van der Waals surface area (Å²) < 4.78 is 16.9. The molecular weight excluding hydrogens is 470 g/mol. The van der Waals surface area contributed by atoms with Gasteiger partial charge in [0.1, 0.15) is 30.3 Å². The molecule has 7 nitrogen and oxygen atoms in total. The van der Waals surface area contributed by atoms with Crippen LogP contribution in [0.3, 0.4) is 0 Å². The number of carbonyl (C=O) groups is 2. The Morgan fingerprint density at radius 1 is 1.03 bits per heavy atom. The van der Waals surface area contributed by atoms with Crippen LogP contribution in [0.15, 0.2) is 42.0 Å². The molecule has 0 fully saturated rings. The van der Waals surface area contributed by atoms with Gasteiger partial charge in [-0.15, -0.1) is 0 Å². The minimum absolute atomic E-state index is 0.00376. The quantitative estimate of drug-likeness (QED) is 0.476. The van der Waals surface area contributed by atoms with Crippen LogP contribution in [0.2, 0.25) is 5.02 Å². The van der Waals surface area contributed by atoms with Crippen LogP contribution in [0.4, 0.5) is 4.79 Å². The van der Waals surface area contributed by atoms with Crippen molar-refractivity contribution in [3.05, 3.63) is 63.7 Å². The summed E-state index contributed by atoms with van der Waals surface area (Å²) in [6.45, 7) is 10.4. The molecule has 1 aliphatic heterocycles. The minimum Gasteiger partial charge on any atom is -0.490 e. The largest absolute Gasteiger partial charge is 0.490 e. The molecule has 0 aliphatic carbocycles. The van der Waals surface area contributed by atoms with E-state index in [0.717, 1.165) is 16.7 Å². The highest BCUT2D eigenvalue weighted by atomic mass is 35.5. The number of benzene rings is 2. The van der Waals surface area contributed by atoms with E-state index >= 15 is 0 Å². The second-order valence-electron chi connectivity index (χ2n) is 9.50. The average molecular weight is 502 g/mol. The first kappa shape index (κ1) is 26.4. The second-order valence-corrected chi connectivity index (χ2v) is 9.91. The van der Waals surface area contributed by atoms with Gasteiger partial charge in [0.05, 0.1) is 17.1 Å². The highest BCUT2D eigenvalue weighted by Gasteiger charge is 2.30. The Bertz CT molecular complexity index is 1120. The Morgan fingerprint density at radius 3 is 2.29 bits per heavy atom. The number of carboxylic acid groups (broad SMARTS) is 1. The third-order valence-corrected chi connectivity index (χ3v) is 5.91. The molecule has 0 atom stereocenters. The maximum atomic E-state index is 12.4. The predicted molar refractivity (Wildman–Crippen MR) is 135 cm³/mol. The van der Waals surface area contributed by atoms with E-state index in [4.69, 9.17) is 25.8 Å². The molecule has 2 aromatic carbocycles. The van der Waals surface area contributed by atoms with Crippen LogP contribution < -0.4 is 9.47 Å². The molecule has 0 bridgehead atoms. The Hall–Kier alpha value is -3.19. The third-order valence-electron chi connectivity index (χ3n) is 5.62. The SMILES string of the molecule is Cc1cc(Cl)c(OCCOc2ccc(C3=C(C(=O)O)CN(C(=O)OC(C)(C)C)CC3)cc2)cc1C. The van der Waals surface area contributed by atoms with Crippen molar-refractivity contribution in [3.8, 4) is 11.5 Å². The van der Waals surface area contributed by atoms with Crippen LogP contribution in [0.5, 0.6) is 11.5 Å². The second kappa shape index (κ2) is 11.0. The van der Waals surface area contributed by atoms with Gasteiger partial charge in [0.15, 0.2) is 0 Å². The summed E-state index contributed by atoms with van der Waals surface area (Å²) in [6, 6.07) is 11.0. The molecule has 3 rings (SSSR count). The zero-order valence-corrected chi connectivity index (χ0v) is 21.6. The van der Waals surface area contributed by atoms with Gasteiger partial charge >= 0.3 is 12.1 Å². The fourth-order valence-electron chi connectivity index (χ4n) is 3.69. The standard InChI is InChI=1S/C27H32ClNO6/c1-17-14-23(28)24(15-18(17)2)34-13-12-33-20-8-6-19(7-9-20)21-10-11-29(16-22(21)25(30)31)26(32)35-27(3,4)5/h6-9,14-15H,10-13,16H2,1-5H3,(H,30,31). The first-order valence-electron chi connectivity index (χ1n) is 11.5. The summed E-state index contributed by atoms with van der Waals surface area (Å²) in [5.74, 6) is 0.225. The van der Waals surface area contributed by atoms with E-state index in [1.165, 1.54) is 4.90 Å². The van der Waals surface area contributed by atoms with Crippen LogP contribution in [0, 0.1) is 13.8 Å². The molecule has 1 N–H and O–H groups in total. The van der Waals surface area contributed by atoms with E-state index in [1.807, 2.05) is 38.1 Å². The van der Waals surface area contributed by atoms with Gasteiger partial charge in [0, 0.05) is 6.54 Å². The number of carbonyl (C=O) groups excluding carboxylic acids is 1. The van der Waals surface area contributed by atoms with Crippen molar-refractivity contribution in [2.24, 2.45) is 0 Å². The molecule has 2 aromatic rings. The summed E-state index contributed by atoms with van der Waals surface area (Å²) in [5, 5.41) is 10.3. The number of carboxylic acids is 1. The molecule has 188 valence electrons. The van der Waals surface area contributed by atoms with Gasteiger partial charge in [-0.3, -0.25) is 0 Å². The highest BCUT2D eigenvalue weighted by molar-refractivity contribution is 6.32. The Kier molecular flexibility index (Phi) is 8.33. The third kappa shape index (κ3) is 7.15. The van der Waals surface area contributed by atoms with Crippen molar-refractivity contribution >= 4 is 29.2 Å². The van der Waals surface area contributed by atoms with Gasteiger partial charge in [-0.1, -0.05) is 23.7 Å². The molecule has 1 heterocycles. The molecule has 0 saturated carbocycles. The van der Waals surface area contributed by atoms with Gasteiger partial charge in [-0.2, -0.15) is 0 Å². The summed E-state index contributed by atoms with van der Waals surface area (Å²) >= 11 is 6.24. The van der Waals surface area contributed by atoms with Crippen molar-refractivity contribution < 1.29 is 28.9 Å². The van der Waals surface area contributed by atoms with Crippen molar-refractivity contribution in [1.29, 1.82) is 0 Å². The molecule has 0 aromatic heterocycles. The lowest BCUT2D eigenvalue weighted by Gasteiger charge is -2.31. The molecule has 0 saturated heterocycles. The van der Waals surface area contributed by atoms with E-state index in [2.05, 4.69) is 0 Å². The van der Waals surface area contributed by atoms with Gasteiger partial charge in [0.2, 0.25) is 0 Å². The molecule has 0 radical (unpaired) electrons. The lowest BCUT2D eigenvalue weighted by atomic mass is 9.93. The number of halogens is 1. The van der Waals surface area contributed by atoms with Crippen molar-refractivity contribution in [1.82, 2.24) is 4.90 Å². The number of ether oxygens (including phenoxy) is 3. The van der Waals surface area contributed by atoms with Crippen molar-refractivity contribution in [3.63, 3.8) is 0 Å². The number of hydrogen-bond acceptors (Lipinski definition) is 5. The smallest absolute Gasteiger partial charge is 0.410 e. The zero-order valence-electron chi connectivity index (χ0n) is 20.8. The summed E-state index contributed by atoms with van der Waals surface area (Å²) in [7, 11) is 0. The monoisotopic (exact) mass is 501 g/mol. The molecule has 1 amide bonds. The lowest BCUT2D eigenvalue weighted by molar-refractivity contribution is -0.132. The Balaban J connectivity index is 1.61. The maximum absolute atomic E-state index is 12.4. The van der Waals surface area contributed by atoms with Crippen LogP contribution >= 0.6 is 11.6 Å². The van der Waals surface area contributed by atoms with E-state index < -0.39 is 17.7 Å². The highest BCUT2D eigenvalue weighted by Crippen LogP contribution is 2.30. The van der Waals surface area contributed by atoms with E-state index in [-0.39, 0.29) is 12.1 Å². The molecular formula is C27H32ClNO6. The van der Waals surface area contributed by atoms with Crippen LogP contribution in [-0.2, 0) is 9.53 Å². The number of aliphatic carboxylic acids is 1. The number of rotatable bonds is 7. The van der Waals surface area contributed by atoms with Crippen molar-refractivity contribution in [2.45, 2.75) is 46.6 Å². The average Bonchev–Trinajstić information content (AvgIpc) is 2.78. The summed E-state index contributed by atoms with van der Waals surface area (Å²) in [4.78, 5) is 25.7. The van der Waals surface area contributed by atoms with Gasteiger partial charge in [0.25, 0.3) is 0 Å². The number of nitrogens with zero attached hydrogens (tertiary/aromatic N) is 1. The van der Waals surface area contributed by atoms with Gasteiger partial charge in [-0.05, 0) is 87.6 Å². The zero-order chi connectivity index (χ0) is 25.8. The lowest BCUT2D eigenvalue weighted by Crippen LogP contribution is -2.41. The molecule has 0 unspecified atom stereocenters. The molecule has 35 heavy (non-hydrogen) atoms. The molecule has 0 spiro atoms. The first-order valence-corrected chi connectivity index (χ1v) is 11.9. The van der Waals surface area contributed by atoms with Crippen LogP contribution in [-0.4, -0.2) is 54.0 Å². The predicted octanol–water partition coefficient (Wildman–Crippen LogP) is 5.89. The fourth-order valence-corrected chi connectivity index (χ4v) is 3.96. The maximum Gasteiger partial charge on any atom is 0.410 e. The number of amides is 1. The number of aryl methyl sites for hydroxylation is 2. The molecule has 1 aliphatic rings. The minimum atomic E-state index is -1.05. The van der Waals surface area contributed by atoms with Gasteiger partial charge < -0.3 is 24.2 Å². The van der Waals surface area contributed by atoms with Crippen LogP contribution in [0.25, 0.3) is 5.57 Å². The van der Waals surface area contributed by atoms with Crippen LogP contribution in [0.1, 0.15) is 43.9 Å².